The number of ether oxygens (including phenoxy) is 1. The molecule has 5 rings (SSSR count). The molecule has 4 heterocycles. The van der Waals surface area contributed by atoms with E-state index in [2.05, 4.69) is 27.0 Å². The van der Waals surface area contributed by atoms with Gasteiger partial charge in [0.2, 0.25) is 0 Å². The quantitative estimate of drug-likeness (QED) is 0.432. The summed E-state index contributed by atoms with van der Waals surface area (Å²) in [6.07, 6.45) is 7.11. The van der Waals surface area contributed by atoms with Gasteiger partial charge in [0.05, 0.1) is 35.1 Å². The second-order valence-electron chi connectivity index (χ2n) is 7.84. The number of benzene rings is 1. The predicted molar refractivity (Wildman–Crippen MR) is 120 cm³/mol. The third-order valence-corrected chi connectivity index (χ3v) is 6.98. The maximum Gasteiger partial charge on any atom is 0.124 e. The molecule has 164 valence electrons. The Kier molecular flexibility index (Phi) is 5.59. The molecule has 3 aromatic heterocycles. The molecule has 4 aromatic rings. The number of aromatic nitrogens is 4. The van der Waals surface area contributed by atoms with Crippen LogP contribution in [0.5, 0.6) is 0 Å². The van der Waals surface area contributed by atoms with Gasteiger partial charge >= 0.3 is 0 Å². The number of rotatable bonds is 4. The summed E-state index contributed by atoms with van der Waals surface area (Å²) in [4.78, 5) is 1.36. The molecule has 0 amide bonds. The highest BCUT2D eigenvalue weighted by Gasteiger charge is 2.21. The van der Waals surface area contributed by atoms with Gasteiger partial charge in [-0.05, 0) is 44.0 Å². The minimum atomic E-state index is -0.465. The SMILES string of the molecule is Cc1c(-c2cc(Sc3ccc(F)cc3C#N)c3c(C#N)cnn3c2)cnn1C1CCOCC1. The van der Waals surface area contributed by atoms with Crippen molar-refractivity contribution in [3.8, 4) is 23.3 Å². The fourth-order valence-corrected chi connectivity index (χ4v) is 5.27. The first-order valence-electron chi connectivity index (χ1n) is 10.5. The maximum atomic E-state index is 13.6. The van der Waals surface area contributed by atoms with Crippen molar-refractivity contribution in [3.63, 3.8) is 0 Å². The topological polar surface area (TPSA) is 91.9 Å². The normalized spacial score (nSPS) is 14.3. The predicted octanol–water partition coefficient (Wildman–Crippen LogP) is 4.89. The van der Waals surface area contributed by atoms with Crippen LogP contribution in [0.1, 0.15) is 35.7 Å². The van der Waals surface area contributed by atoms with E-state index in [9.17, 15) is 14.9 Å². The molecule has 1 aliphatic rings. The number of hydrogen-bond donors (Lipinski definition) is 0. The first-order chi connectivity index (χ1) is 16.1. The van der Waals surface area contributed by atoms with E-state index in [0.29, 0.717) is 22.0 Å². The van der Waals surface area contributed by atoms with E-state index in [1.165, 1.54) is 30.1 Å². The highest BCUT2D eigenvalue weighted by atomic mass is 32.2. The lowest BCUT2D eigenvalue weighted by atomic mass is 10.1. The van der Waals surface area contributed by atoms with Crippen molar-refractivity contribution in [1.29, 1.82) is 10.5 Å². The smallest absolute Gasteiger partial charge is 0.124 e. The molecule has 1 aromatic carbocycles. The van der Waals surface area contributed by atoms with Crippen LogP contribution in [0.25, 0.3) is 16.6 Å². The van der Waals surface area contributed by atoms with E-state index >= 15 is 0 Å². The van der Waals surface area contributed by atoms with E-state index in [0.717, 1.165) is 47.8 Å². The second-order valence-corrected chi connectivity index (χ2v) is 8.93. The molecule has 33 heavy (non-hydrogen) atoms. The van der Waals surface area contributed by atoms with E-state index in [4.69, 9.17) is 4.74 Å². The van der Waals surface area contributed by atoms with Crippen molar-refractivity contribution in [2.45, 2.75) is 35.6 Å². The second kappa shape index (κ2) is 8.70. The van der Waals surface area contributed by atoms with Crippen LogP contribution in [0.2, 0.25) is 0 Å². The zero-order valence-electron chi connectivity index (χ0n) is 17.8. The monoisotopic (exact) mass is 458 g/mol. The van der Waals surface area contributed by atoms with Crippen LogP contribution < -0.4 is 0 Å². The van der Waals surface area contributed by atoms with Crippen molar-refractivity contribution >= 4 is 17.3 Å². The summed E-state index contributed by atoms with van der Waals surface area (Å²) in [5, 5.41) is 28.1. The zero-order valence-corrected chi connectivity index (χ0v) is 18.6. The molecular weight excluding hydrogens is 439 g/mol. The highest BCUT2D eigenvalue weighted by molar-refractivity contribution is 7.99. The van der Waals surface area contributed by atoms with Crippen LogP contribution in [0.3, 0.4) is 0 Å². The molecule has 0 aliphatic carbocycles. The van der Waals surface area contributed by atoms with Gasteiger partial charge < -0.3 is 4.74 Å². The summed E-state index contributed by atoms with van der Waals surface area (Å²) in [6, 6.07) is 10.6. The highest BCUT2D eigenvalue weighted by Crippen LogP contribution is 2.38. The summed E-state index contributed by atoms with van der Waals surface area (Å²) in [6.45, 7) is 3.51. The van der Waals surface area contributed by atoms with Gasteiger partial charge in [-0.3, -0.25) is 4.68 Å². The van der Waals surface area contributed by atoms with E-state index in [1.807, 2.05) is 25.4 Å². The van der Waals surface area contributed by atoms with Gasteiger partial charge in [-0.2, -0.15) is 20.7 Å². The summed E-state index contributed by atoms with van der Waals surface area (Å²) in [7, 11) is 0. The Labute approximate surface area is 194 Å². The zero-order chi connectivity index (χ0) is 22.9. The first-order valence-corrected chi connectivity index (χ1v) is 11.3. The van der Waals surface area contributed by atoms with Crippen LogP contribution in [0.15, 0.2) is 52.6 Å². The van der Waals surface area contributed by atoms with Gasteiger partial charge in [-0.25, -0.2) is 8.91 Å². The Bertz CT molecular complexity index is 1440. The minimum absolute atomic E-state index is 0.241. The van der Waals surface area contributed by atoms with Gasteiger partial charge in [0.15, 0.2) is 0 Å². The lowest BCUT2D eigenvalue weighted by molar-refractivity contribution is 0.0657. The molecule has 9 heteroatoms. The number of halogens is 1. The van der Waals surface area contributed by atoms with Crippen molar-refractivity contribution in [2.24, 2.45) is 0 Å². The van der Waals surface area contributed by atoms with E-state index in [-0.39, 0.29) is 5.56 Å². The van der Waals surface area contributed by atoms with Crippen molar-refractivity contribution in [3.05, 3.63) is 65.5 Å². The third-order valence-electron chi connectivity index (χ3n) is 5.87. The van der Waals surface area contributed by atoms with Crippen LogP contribution in [0, 0.1) is 35.4 Å². The molecule has 0 atom stereocenters. The lowest BCUT2D eigenvalue weighted by Gasteiger charge is -2.23. The number of nitrogens with zero attached hydrogens (tertiary/aromatic N) is 6. The Morgan fingerprint density at radius 1 is 1.06 bits per heavy atom. The Hall–Kier alpha value is -3.66. The molecule has 1 saturated heterocycles. The summed E-state index contributed by atoms with van der Waals surface area (Å²) >= 11 is 1.32. The summed E-state index contributed by atoms with van der Waals surface area (Å²) < 4.78 is 22.9. The van der Waals surface area contributed by atoms with E-state index in [1.54, 1.807) is 10.6 Å². The molecule has 0 N–H and O–H groups in total. The van der Waals surface area contributed by atoms with Gasteiger partial charge in [0.1, 0.15) is 18.0 Å². The molecule has 1 aliphatic heterocycles. The minimum Gasteiger partial charge on any atom is -0.381 e. The van der Waals surface area contributed by atoms with Crippen molar-refractivity contribution in [2.75, 3.05) is 13.2 Å². The van der Waals surface area contributed by atoms with Gasteiger partial charge in [0.25, 0.3) is 0 Å². The Morgan fingerprint density at radius 2 is 1.85 bits per heavy atom. The maximum absolute atomic E-state index is 13.6. The summed E-state index contributed by atoms with van der Waals surface area (Å²) in [5.74, 6) is -0.465. The Morgan fingerprint density at radius 3 is 2.61 bits per heavy atom. The molecule has 7 nitrogen and oxygen atoms in total. The van der Waals surface area contributed by atoms with Crippen molar-refractivity contribution < 1.29 is 9.13 Å². The van der Waals surface area contributed by atoms with E-state index < -0.39 is 5.82 Å². The molecule has 0 spiro atoms. The van der Waals surface area contributed by atoms with Gasteiger partial charge in [0, 0.05) is 46.0 Å². The average molecular weight is 459 g/mol. The lowest BCUT2D eigenvalue weighted by Crippen LogP contribution is -2.21. The number of fused-ring (bicyclic) bond motifs is 1. The van der Waals surface area contributed by atoms with Crippen LogP contribution in [-0.2, 0) is 4.74 Å². The van der Waals surface area contributed by atoms with Crippen molar-refractivity contribution in [1.82, 2.24) is 19.4 Å². The molecule has 1 fully saturated rings. The molecule has 0 saturated carbocycles. The molecule has 0 unspecified atom stereocenters. The largest absolute Gasteiger partial charge is 0.381 e. The van der Waals surface area contributed by atoms with Gasteiger partial charge in [-0.15, -0.1) is 0 Å². The standard InChI is InChI=1S/C24H19FN6OS/c1-15-21(13-29-31(15)20-4-6-32-7-5-20)17-9-23(24-18(11-27)12-28-30(24)14-17)33-22-3-2-19(25)8-16(22)10-26/h2-3,8-9,12-14,20H,4-7H2,1H3. The fraction of sp³-hybridized carbons (Fsp3) is 0.250. The Balaban J connectivity index is 1.62. The summed E-state index contributed by atoms with van der Waals surface area (Å²) in [5.41, 5.74) is 4.23. The van der Waals surface area contributed by atoms with Gasteiger partial charge in [-0.1, -0.05) is 11.8 Å². The number of pyridine rings is 1. The fourth-order valence-electron chi connectivity index (χ4n) is 4.19. The first kappa shape index (κ1) is 21.2. The van der Waals surface area contributed by atoms with Crippen LogP contribution >= 0.6 is 11.8 Å². The molecule has 0 bridgehead atoms. The number of nitriles is 2. The molecule has 0 radical (unpaired) electrons. The third kappa shape index (κ3) is 3.86. The molecular formula is C24H19FN6OS. The van der Waals surface area contributed by atoms with Crippen LogP contribution in [-0.4, -0.2) is 32.6 Å². The average Bonchev–Trinajstić information content (AvgIpc) is 3.44. The van der Waals surface area contributed by atoms with Crippen LogP contribution in [0.4, 0.5) is 4.39 Å². The number of hydrogen-bond acceptors (Lipinski definition) is 6.